The number of benzene rings is 3. The van der Waals surface area contributed by atoms with Crippen molar-refractivity contribution in [1.82, 2.24) is 5.32 Å². The highest BCUT2D eigenvalue weighted by Crippen LogP contribution is 2.36. The molecule has 0 spiro atoms. The highest BCUT2D eigenvalue weighted by Gasteiger charge is 2.37. The smallest absolute Gasteiger partial charge is 0.257 e. The second-order valence-corrected chi connectivity index (χ2v) is 10.2. The topological polar surface area (TPSA) is 101 Å². The van der Waals surface area contributed by atoms with E-state index >= 15 is 4.39 Å². The Kier molecular flexibility index (Phi) is 6.79. The van der Waals surface area contributed by atoms with E-state index in [0.29, 0.717) is 12.0 Å². The molecule has 1 unspecified atom stereocenters. The molecule has 0 aromatic heterocycles. The average Bonchev–Trinajstić information content (AvgIpc) is 2.84. The summed E-state index contributed by atoms with van der Waals surface area (Å²) in [6, 6.07) is 19.4. The van der Waals surface area contributed by atoms with Gasteiger partial charge in [-0.3, -0.25) is 19.7 Å². The van der Waals surface area contributed by atoms with Crippen LogP contribution in [-0.2, 0) is 19.4 Å². The quantitative estimate of drug-likeness (QED) is 0.432. The van der Waals surface area contributed by atoms with Gasteiger partial charge in [-0.1, -0.05) is 54.6 Å². The van der Waals surface area contributed by atoms with Crippen LogP contribution in [0.15, 0.2) is 77.7 Å². The van der Waals surface area contributed by atoms with E-state index in [0.717, 1.165) is 11.2 Å². The van der Waals surface area contributed by atoms with Crippen molar-refractivity contribution in [3.8, 4) is 11.1 Å². The molecular formula is C26H23FN2O5S. The number of carbonyl (C=O) groups is 3. The summed E-state index contributed by atoms with van der Waals surface area (Å²) in [5.74, 6) is -4.37. The summed E-state index contributed by atoms with van der Waals surface area (Å²) in [6.07, 6.45) is 1.47. The first kappa shape index (κ1) is 24.3. The number of carbonyl (C=O) groups excluding carboxylic acids is 3. The number of hydrogen-bond acceptors (Lipinski definition) is 5. The van der Waals surface area contributed by atoms with Gasteiger partial charge >= 0.3 is 0 Å². The number of nitrogens with one attached hydrogen (secondary N) is 1. The van der Waals surface area contributed by atoms with Crippen molar-refractivity contribution < 1.29 is 27.2 Å². The minimum Gasteiger partial charge on any atom is -0.309 e. The molecule has 7 nitrogen and oxygen atoms in total. The van der Waals surface area contributed by atoms with Gasteiger partial charge in [0.25, 0.3) is 5.91 Å². The number of anilines is 1. The Hall–Kier alpha value is -3.85. The van der Waals surface area contributed by atoms with Crippen molar-refractivity contribution in [3.05, 3.63) is 84.2 Å². The predicted octanol–water partition coefficient (Wildman–Crippen LogP) is 3.60. The first-order chi connectivity index (χ1) is 16.7. The maximum absolute atomic E-state index is 15.7. The summed E-state index contributed by atoms with van der Waals surface area (Å²) in [5.41, 5.74) is 0.741. The minimum absolute atomic E-state index is 0.111. The molecule has 9 heteroatoms. The molecule has 0 aliphatic carbocycles. The summed E-state index contributed by atoms with van der Waals surface area (Å²) in [5, 5.41) is 2.23. The summed E-state index contributed by atoms with van der Waals surface area (Å²) in [7, 11) is -4.00. The van der Waals surface area contributed by atoms with Gasteiger partial charge < -0.3 is 4.90 Å². The third-order valence-electron chi connectivity index (χ3n) is 5.85. The molecule has 3 aromatic rings. The number of sulfone groups is 1. The fourth-order valence-corrected chi connectivity index (χ4v) is 5.20. The van der Waals surface area contributed by atoms with Crippen LogP contribution in [0, 0.1) is 11.7 Å². The maximum atomic E-state index is 15.7. The normalized spacial score (nSPS) is 16.1. The average molecular weight is 495 g/mol. The zero-order valence-corrected chi connectivity index (χ0v) is 19.7. The summed E-state index contributed by atoms with van der Waals surface area (Å²) >= 11 is 0. The van der Waals surface area contributed by atoms with Crippen LogP contribution in [-0.4, -0.2) is 38.9 Å². The number of hydrogen-bond donors (Lipinski definition) is 1. The van der Waals surface area contributed by atoms with E-state index in [1.807, 2.05) is 0 Å². The second kappa shape index (κ2) is 9.79. The Morgan fingerprint density at radius 2 is 1.60 bits per heavy atom. The van der Waals surface area contributed by atoms with Crippen molar-refractivity contribution >= 4 is 33.2 Å². The highest BCUT2D eigenvalue weighted by atomic mass is 32.2. The largest absolute Gasteiger partial charge is 0.309 e. The lowest BCUT2D eigenvalue weighted by Crippen LogP contribution is -2.49. The van der Waals surface area contributed by atoms with Gasteiger partial charge in [0.15, 0.2) is 15.7 Å². The number of imide groups is 1. The highest BCUT2D eigenvalue weighted by molar-refractivity contribution is 7.90. The number of amides is 3. The Morgan fingerprint density at radius 1 is 0.971 bits per heavy atom. The molecule has 35 heavy (non-hydrogen) atoms. The van der Waals surface area contributed by atoms with Gasteiger partial charge in [-0.15, -0.1) is 0 Å². The number of rotatable bonds is 5. The van der Waals surface area contributed by atoms with Crippen LogP contribution in [0.25, 0.3) is 11.1 Å². The predicted molar refractivity (Wildman–Crippen MR) is 129 cm³/mol. The first-order valence-electron chi connectivity index (χ1n) is 11.0. The van der Waals surface area contributed by atoms with E-state index in [-0.39, 0.29) is 29.8 Å². The van der Waals surface area contributed by atoms with Gasteiger partial charge in [0.1, 0.15) is 10.8 Å². The van der Waals surface area contributed by atoms with Crippen molar-refractivity contribution in [2.75, 3.05) is 17.7 Å². The lowest BCUT2D eigenvalue weighted by atomic mass is 9.95. The van der Waals surface area contributed by atoms with Crippen LogP contribution in [0.4, 0.5) is 10.1 Å². The lowest BCUT2D eigenvalue weighted by molar-refractivity contribution is -0.134. The van der Waals surface area contributed by atoms with Crippen molar-refractivity contribution in [2.45, 2.75) is 17.7 Å². The molecule has 0 saturated carbocycles. The summed E-state index contributed by atoms with van der Waals surface area (Å²) in [6.45, 7) is 0.111. The molecule has 0 bridgehead atoms. The molecule has 1 N–H and O–H groups in total. The fourth-order valence-electron chi connectivity index (χ4n) is 4.18. The van der Waals surface area contributed by atoms with E-state index in [4.69, 9.17) is 0 Å². The van der Waals surface area contributed by atoms with Crippen LogP contribution in [0.5, 0.6) is 0 Å². The fraction of sp³-hybridized carbons (Fsp3) is 0.192. The van der Waals surface area contributed by atoms with Gasteiger partial charge in [-0.05, 0) is 36.6 Å². The Balaban J connectivity index is 1.65. The van der Waals surface area contributed by atoms with Gasteiger partial charge in [0, 0.05) is 23.9 Å². The van der Waals surface area contributed by atoms with Gasteiger partial charge in [0.2, 0.25) is 11.8 Å². The number of nitrogens with zero attached hydrogens (tertiary/aromatic N) is 1. The van der Waals surface area contributed by atoms with E-state index < -0.39 is 44.2 Å². The zero-order chi connectivity index (χ0) is 25.2. The standard InChI is InChI=1S/C26H23FN2O5S/c1-35(33,34)23-19(17-9-4-2-5-10-17)14-15-21(22(23)27)29-16-8-13-20(26(29)32)25(31)28-24(30)18-11-6-3-7-12-18/h2-7,9-12,14-15,20H,8,13,16H2,1H3,(H,28,30,31). The summed E-state index contributed by atoms with van der Waals surface area (Å²) < 4.78 is 40.8. The molecular weight excluding hydrogens is 471 g/mol. The molecule has 3 aromatic carbocycles. The van der Waals surface area contributed by atoms with Crippen LogP contribution < -0.4 is 10.2 Å². The molecule has 1 aliphatic heterocycles. The molecule has 4 rings (SSSR count). The van der Waals surface area contributed by atoms with Crippen molar-refractivity contribution in [2.24, 2.45) is 5.92 Å². The van der Waals surface area contributed by atoms with E-state index in [2.05, 4.69) is 5.32 Å². The van der Waals surface area contributed by atoms with Crippen LogP contribution in [0.3, 0.4) is 0 Å². The second-order valence-electron chi connectivity index (χ2n) is 8.28. The van der Waals surface area contributed by atoms with Gasteiger partial charge in [-0.25, -0.2) is 12.8 Å². The Bertz CT molecular complexity index is 1390. The zero-order valence-electron chi connectivity index (χ0n) is 18.9. The molecule has 1 heterocycles. The van der Waals surface area contributed by atoms with Crippen molar-refractivity contribution in [3.63, 3.8) is 0 Å². The SMILES string of the molecule is CS(=O)(=O)c1c(-c2ccccc2)ccc(N2CCCC(C(=O)NC(=O)c3ccccc3)C2=O)c1F. The van der Waals surface area contributed by atoms with E-state index in [1.165, 1.54) is 24.3 Å². The van der Waals surface area contributed by atoms with Crippen LogP contribution >= 0.6 is 0 Å². The maximum Gasteiger partial charge on any atom is 0.257 e. The molecule has 1 atom stereocenters. The Morgan fingerprint density at radius 3 is 2.23 bits per heavy atom. The monoisotopic (exact) mass is 494 g/mol. The molecule has 0 radical (unpaired) electrons. The third-order valence-corrected chi connectivity index (χ3v) is 6.99. The first-order valence-corrected chi connectivity index (χ1v) is 12.9. The molecule has 180 valence electrons. The Labute approximate surface area is 202 Å². The van der Waals surface area contributed by atoms with Crippen LogP contribution in [0.1, 0.15) is 23.2 Å². The lowest BCUT2D eigenvalue weighted by Gasteiger charge is -2.32. The molecule has 1 fully saturated rings. The van der Waals surface area contributed by atoms with E-state index in [1.54, 1.807) is 48.5 Å². The summed E-state index contributed by atoms with van der Waals surface area (Å²) in [4.78, 5) is 38.9. The van der Waals surface area contributed by atoms with E-state index in [9.17, 15) is 22.8 Å². The molecule has 3 amide bonds. The van der Waals surface area contributed by atoms with Gasteiger partial charge in [0.05, 0.1) is 5.69 Å². The number of piperidine rings is 1. The van der Waals surface area contributed by atoms with Gasteiger partial charge in [-0.2, -0.15) is 0 Å². The third kappa shape index (κ3) is 5.00. The minimum atomic E-state index is -4.00. The van der Waals surface area contributed by atoms with Crippen LogP contribution in [0.2, 0.25) is 0 Å². The molecule has 1 saturated heterocycles. The number of halogens is 1. The van der Waals surface area contributed by atoms with Crippen molar-refractivity contribution in [1.29, 1.82) is 0 Å². The molecule has 1 aliphatic rings.